The molecule has 0 atom stereocenters. The van der Waals surface area contributed by atoms with Crippen LogP contribution in [0.5, 0.6) is 0 Å². The van der Waals surface area contributed by atoms with Gasteiger partial charge in [0.2, 0.25) is 0 Å². The highest BCUT2D eigenvalue weighted by atomic mass is 79.9. The van der Waals surface area contributed by atoms with Crippen molar-refractivity contribution < 1.29 is 9.59 Å². The maximum atomic E-state index is 12.8. The van der Waals surface area contributed by atoms with Crippen LogP contribution < -0.4 is 10.6 Å². The second kappa shape index (κ2) is 8.75. The van der Waals surface area contributed by atoms with E-state index in [4.69, 9.17) is 0 Å². The summed E-state index contributed by atoms with van der Waals surface area (Å²) in [6.07, 6.45) is 3.44. The number of para-hydroxylation sites is 1. The number of benzene rings is 3. The predicted molar refractivity (Wildman–Crippen MR) is 121 cm³/mol. The van der Waals surface area contributed by atoms with E-state index in [9.17, 15) is 9.59 Å². The van der Waals surface area contributed by atoms with Crippen LogP contribution in [-0.4, -0.2) is 21.8 Å². The number of halogens is 1. The van der Waals surface area contributed by atoms with E-state index in [1.54, 1.807) is 67.0 Å². The molecule has 3 N–H and O–H groups in total. The Balaban J connectivity index is 1.51. The molecule has 0 bridgehead atoms. The molecule has 0 aliphatic heterocycles. The van der Waals surface area contributed by atoms with Crippen LogP contribution in [0.2, 0.25) is 0 Å². The van der Waals surface area contributed by atoms with E-state index >= 15 is 0 Å². The van der Waals surface area contributed by atoms with Gasteiger partial charge in [-0.2, -0.15) is 0 Å². The van der Waals surface area contributed by atoms with Crippen LogP contribution in [0.1, 0.15) is 20.7 Å². The largest absolute Gasteiger partial charge is 0.345 e. The topological polar surface area (TPSA) is 86.9 Å². The Hall–Kier alpha value is -3.71. The van der Waals surface area contributed by atoms with Gasteiger partial charge in [0, 0.05) is 28.1 Å². The summed E-state index contributed by atoms with van der Waals surface area (Å²) in [7, 11) is 0. The van der Waals surface area contributed by atoms with Gasteiger partial charge in [-0.15, -0.1) is 0 Å². The van der Waals surface area contributed by atoms with E-state index in [-0.39, 0.29) is 11.8 Å². The van der Waals surface area contributed by atoms with Crippen molar-refractivity contribution in [3.05, 3.63) is 101 Å². The minimum atomic E-state index is -0.316. The number of hydrogen-bond acceptors (Lipinski definition) is 3. The minimum Gasteiger partial charge on any atom is -0.345 e. The lowest BCUT2D eigenvalue weighted by molar-refractivity contribution is 0.102. The molecule has 0 aliphatic rings. The molecule has 4 rings (SSSR count). The normalized spacial score (nSPS) is 10.4. The standard InChI is InChI=1S/C23H17BrN4O2/c24-19-7-3-1-5-17(19)22(29)28-20-8-4-2-6-18(20)23(30)27-16-11-9-15(10-12-16)21-25-13-14-26-21/h1-14H,(H,25,26)(H,27,30)(H,28,29). The number of nitrogens with zero attached hydrogens (tertiary/aromatic N) is 1. The summed E-state index contributed by atoms with van der Waals surface area (Å²) in [6, 6.07) is 21.4. The maximum Gasteiger partial charge on any atom is 0.257 e. The molecule has 0 saturated carbocycles. The zero-order chi connectivity index (χ0) is 20.9. The van der Waals surface area contributed by atoms with Crippen molar-refractivity contribution in [3.8, 4) is 11.4 Å². The first kappa shape index (κ1) is 19.6. The molecule has 0 unspecified atom stereocenters. The van der Waals surface area contributed by atoms with E-state index in [0.717, 1.165) is 11.4 Å². The summed E-state index contributed by atoms with van der Waals surface area (Å²) in [6.45, 7) is 0. The Morgan fingerprint density at radius 1 is 0.800 bits per heavy atom. The van der Waals surface area contributed by atoms with Crippen LogP contribution in [0, 0.1) is 0 Å². The van der Waals surface area contributed by atoms with Gasteiger partial charge < -0.3 is 15.6 Å². The van der Waals surface area contributed by atoms with Gasteiger partial charge in [0.05, 0.1) is 16.8 Å². The number of aromatic nitrogens is 2. The number of amides is 2. The summed E-state index contributed by atoms with van der Waals surface area (Å²) in [4.78, 5) is 32.7. The average molecular weight is 461 g/mol. The maximum absolute atomic E-state index is 12.8. The first-order valence-electron chi connectivity index (χ1n) is 9.18. The van der Waals surface area contributed by atoms with Crippen molar-refractivity contribution in [2.24, 2.45) is 0 Å². The molecule has 0 saturated heterocycles. The van der Waals surface area contributed by atoms with Gasteiger partial charge in [-0.1, -0.05) is 24.3 Å². The predicted octanol–water partition coefficient (Wildman–Crippen LogP) is 5.34. The fraction of sp³-hybridized carbons (Fsp3) is 0. The van der Waals surface area contributed by atoms with Crippen molar-refractivity contribution in [1.82, 2.24) is 9.97 Å². The average Bonchev–Trinajstić information content (AvgIpc) is 3.30. The first-order chi connectivity index (χ1) is 14.6. The van der Waals surface area contributed by atoms with Gasteiger partial charge in [-0.25, -0.2) is 4.98 Å². The van der Waals surface area contributed by atoms with E-state index in [0.29, 0.717) is 27.0 Å². The third kappa shape index (κ3) is 4.31. The van der Waals surface area contributed by atoms with Crippen LogP contribution in [0.25, 0.3) is 11.4 Å². The second-order valence-electron chi connectivity index (χ2n) is 6.45. The fourth-order valence-electron chi connectivity index (χ4n) is 2.96. The Labute approximate surface area is 181 Å². The lowest BCUT2D eigenvalue weighted by Gasteiger charge is -2.12. The molecule has 4 aromatic rings. The number of rotatable bonds is 5. The number of anilines is 2. The van der Waals surface area contributed by atoms with Crippen LogP contribution in [-0.2, 0) is 0 Å². The molecule has 0 aliphatic carbocycles. The van der Waals surface area contributed by atoms with Crippen LogP contribution in [0.3, 0.4) is 0 Å². The smallest absolute Gasteiger partial charge is 0.257 e. The van der Waals surface area contributed by atoms with Gasteiger partial charge in [0.15, 0.2) is 0 Å². The monoisotopic (exact) mass is 460 g/mol. The second-order valence-corrected chi connectivity index (χ2v) is 7.30. The molecule has 3 aromatic carbocycles. The Bertz CT molecular complexity index is 1190. The molecule has 148 valence electrons. The number of aromatic amines is 1. The lowest BCUT2D eigenvalue weighted by Crippen LogP contribution is -2.18. The van der Waals surface area contributed by atoms with E-state index < -0.39 is 0 Å². The Morgan fingerprint density at radius 3 is 2.17 bits per heavy atom. The highest BCUT2D eigenvalue weighted by Crippen LogP contribution is 2.22. The van der Waals surface area contributed by atoms with Crippen LogP contribution in [0.15, 0.2) is 89.7 Å². The first-order valence-corrected chi connectivity index (χ1v) is 9.97. The van der Waals surface area contributed by atoms with Gasteiger partial charge in [-0.05, 0) is 64.5 Å². The highest BCUT2D eigenvalue weighted by Gasteiger charge is 2.15. The lowest BCUT2D eigenvalue weighted by atomic mass is 10.1. The third-order valence-electron chi connectivity index (χ3n) is 4.45. The van der Waals surface area contributed by atoms with Gasteiger partial charge >= 0.3 is 0 Å². The van der Waals surface area contributed by atoms with Crippen molar-refractivity contribution >= 4 is 39.1 Å². The summed E-state index contributed by atoms with van der Waals surface area (Å²) in [5.41, 5.74) is 2.85. The Kier molecular flexibility index (Phi) is 5.72. The zero-order valence-electron chi connectivity index (χ0n) is 15.7. The quantitative estimate of drug-likeness (QED) is 0.375. The molecular formula is C23H17BrN4O2. The zero-order valence-corrected chi connectivity index (χ0v) is 17.3. The van der Waals surface area contributed by atoms with Crippen LogP contribution in [0.4, 0.5) is 11.4 Å². The summed E-state index contributed by atoms with van der Waals surface area (Å²) >= 11 is 3.38. The van der Waals surface area contributed by atoms with Crippen LogP contribution >= 0.6 is 15.9 Å². The minimum absolute atomic E-state index is 0.300. The van der Waals surface area contributed by atoms with Gasteiger partial charge in [0.1, 0.15) is 5.82 Å². The number of hydrogen-bond donors (Lipinski definition) is 3. The summed E-state index contributed by atoms with van der Waals surface area (Å²) in [5, 5.41) is 5.69. The molecule has 6 nitrogen and oxygen atoms in total. The van der Waals surface area contributed by atoms with Gasteiger partial charge in [-0.3, -0.25) is 9.59 Å². The molecule has 7 heteroatoms. The molecule has 30 heavy (non-hydrogen) atoms. The number of carbonyl (C=O) groups is 2. The molecule has 0 spiro atoms. The fourth-order valence-corrected chi connectivity index (χ4v) is 3.42. The number of imidazole rings is 1. The number of H-pyrrole nitrogens is 1. The van der Waals surface area contributed by atoms with E-state index in [1.807, 2.05) is 18.2 Å². The molecule has 1 heterocycles. The highest BCUT2D eigenvalue weighted by molar-refractivity contribution is 9.10. The van der Waals surface area contributed by atoms with Crippen molar-refractivity contribution in [2.75, 3.05) is 10.6 Å². The Morgan fingerprint density at radius 2 is 1.47 bits per heavy atom. The molecule has 0 fully saturated rings. The molecule has 1 aromatic heterocycles. The molecular weight excluding hydrogens is 444 g/mol. The summed E-state index contributed by atoms with van der Waals surface area (Å²) < 4.78 is 0.682. The summed E-state index contributed by atoms with van der Waals surface area (Å²) in [5.74, 6) is 0.141. The SMILES string of the molecule is O=C(Nc1ccccc1C(=O)Nc1ccc(-c2ncc[nH]2)cc1)c1ccccc1Br. The van der Waals surface area contributed by atoms with E-state index in [2.05, 4.69) is 36.5 Å². The van der Waals surface area contributed by atoms with Crippen molar-refractivity contribution in [3.63, 3.8) is 0 Å². The molecule has 2 amide bonds. The number of carbonyl (C=O) groups excluding carboxylic acids is 2. The van der Waals surface area contributed by atoms with Crippen molar-refractivity contribution in [1.29, 1.82) is 0 Å². The molecule has 0 radical (unpaired) electrons. The van der Waals surface area contributed by atoms with E-state index in [1.165, 1.54) is 0 Å². The third-order valence-corrected chi connectivity index (χ3v) is 5.14. The number of nitrogens with one attached hydrogen (secondary N) is 3. The van der Waals surface area contributed by atoms with Crippen molar-refractivity contribution in [2.45, 2.75) is 0 Å². The van der Waals surface area contributed by atoms with Gasteiger partial charge in [0.25, 0.3) is 11.8 Å².